The fourth-order valence-electron chi connectivity index (χ4n) is 1.35. The highest BCUT2D eigenvalue weighted by molar-refractivity contribution is 4.31. The Balaban J connectivity index is 0. The van der Waals surface area contributed by atoms with Crippen molar-refractivity contribution in [1.82, 2.24) is 0 Å². The van der Waals surface area contributed by atoms with Crippen molar-refractivity contribution in [2.24, 2.45) is 0 Å². The Bertz CT molecular complexity index is 110. The summed E-state index contributed by atoms with van der Waals surface area (Å²) in [5.74, 6) is 0. The maximum atomic E-state index is 5.56. The van der Waals surface area contributed by atoms with Crippen LogP contribution in [0.5, 0.6) is 0 Å². The Morgan fingerprint density at radius 1 is 0.929 bits per heavy atom. The van der Waals surface area contributed by atoms with Crippen molar-refractivity contribution in [2.75, 3.05) is 46.7 Å². The zero-order valence-corrected chi connectivity index (χ0v) is 11.5. The summed E-state index contributed by atoms with van der Waals surface area (Å²) in [5, 5.41) is 0. The molecule has 0 radical (unpaired) electrons. The maximum absolute atomic E-state index is 5.56. The van der Waals surface area contributed by atoms with Gasteiger partial charge in [0.1, 0.15) is 0 Å². The number of hydrogen-bond donors (Lipinski definition) is 0. The van der Waals surface area contributed by atoms with Gasteiger partial charge >= 0.3 is 0 Å². The number of rotatable bonds is 8. The Kier molecular flexibility index (Phi) is 11.9. The van der Waals surface area contributed by atoms with Crippen LogP contribution in [0.15, 0.2) is 0 Å². The average Bonchev–Trinajstić information content (AvgIpc) is 2.20. The van der Waals surface area contributed by atoms with Crippen LogP contribution in [-0.4, -0.2) is 51.2 Å². The SMILES string of the molecule is CC[N+](CC)(CC)COCCOC.[Br-]. The summed E-state index contributed by atoms with van der Waals surface area (Å²) in [7, 11) is 1.70. The van der Waals surface area contributed by atoms with Crippen LogP contribution in [0.25, 0.3) is 0 Å². The Morgan fingerprint density at radius 2 is 1.43 bits per heavy atom. The summed E-state index contributed by atoms with van der Waals surface area (Å²) in [5.41, 5.74) is 0. The first-order valence-corrected chi connectivity index (χ1v) is 5.16. The highest BCUT2D eigenvalue weighted by Gasteiger charge is 2.19. The van der Waals surface area contributed by atoms with Gasteiger partial charge in [-0.25, -0.2) is 0 Å². The molecule has 0 saturated carbocycles. The third-order valence-electron chi connectivity index (χ3n) is 2.81. The van der Waals surface area contributed by atoms with E-state index in [4.69, 9.17) is 9.47 Å². The van der Waals surface area contributed by atoms with Crippen molar-refractivity contribution in [3.63, 3.8) is 0 Å². The molecule has 14 heavy (non-hydrogen) atoms. The molecule has 0 aromatic heterocycles. The maximum Gasteiger partial charge on any atom is 0.183 e. The lowest BCUT2D eigenvalue weighted by atomic mass is 10.4. The second-order valence-electron chi connectivity index (χ2n) is 3.32. The molecule has 0 spiro atoms. The van der Waals surface area contributed by atoms with Gasteiger partial charge in [-0.3, -0.25) is 0 Å². The Morgan fingerprint density at radius 3 is 1.79 bits per heavy atom. The normalized spacial score (nSPS) is 11.1. The van der Waals surface area contributed by atoms with Crippen LogP contribution >= 0.6 is 0 Å². The first-order chi connectivity index (χ1) is 6.24. The third-order valence-corrected chi connectivity index (χ3v) is 2.81. The van der Waals surface area contributed by atoms with E-state index in [0.717, 1.165) is 30.8 Å². The monoisotopic (exact) mass is 269 g/mol. The minimum absolute atomic E-state index is 0. The quantitative estimate of drug-likeness (QED) is 0.303. The summed E-state index contributed by atoms with van der Waals surface area (Å²) in [6.07, 6.45) is 0. The van der Waals surface area contributed by atoms with E-state index in [1.54, 1.807) is 7.11 Å². The van der Waals surface area contributed by atoms with E-state index in [0.29, 0.717) is 13.2 Å². The smallest absolute Gasteiger partial charge is 0.183 e. The molecule has 0 bridgehead atoms. The molecule has 0 aromatic rings. The van der Waals surface area contributed by atoms with Crippen molar-refractivity contribution in [3.05, 3.63) is 0 Å². The Hall–Kier alpha value is 0.360. The molecule has 0 fully saturated rings. The van der Waals surface area contributed by atoms with E-state index in [2.05, 4.69) is 20.8 Å². The third kappa shape index (κ3) is 5.96. The van der Waals surface area contributed by atoms with Crippen LogP contribution in [0, 0.1) is 0 Å². The van der Waals surface area contributed by atoms with E-state index in [9.17, 15) is 0 Å². The Labute approximate surface area is 98.7 Å². The standard InChI is InChI=1S/C10H24NO2.BrH/c1-5-11(6-2,7-3)10-13-9-8-12-4;/h5-10H2,1-4H3;1H/q+1;/p-1. The number of halogens is 1. The molecule has 3 nitrogen and oxygen atoms in total. The van der Waals surface area contributed by atoms with E-state index >= 15 is 0 Å². The largest absolute Gasteiger partial charge is 1.00 e. The molecule has 88 valence electrons. The molecule has 0 unspecified atom stereocenters. The van der Waals surface area contributed by atoms with Gasteiger partial charge in [0.25, 0.3) is 0 Å². The predicted molar refractivity (Wildman–Crippen MR) is 54.6 cm³/mol. The van der Waals surface area contributed by atoms with Crippen molar-refractivity contribution in [2.45, 2.75) is 20.8 Å². The molecular weight excluding hydrogens is 246 g/mol. The van der Waals surface area contributed by atoms with Gasteiger partial charge in [-0.2, -0.15) is 0 Å². The zero-order chi connectivity index (χ0) is 10.2. The average molecular weight is 270 g/mol. The molecule has 0 atom stereocenters. The van der Waals surface area contributed by atoms with Gasteiger partial charge in [-0.1, -0.05) is 0 Å². The van der Waals surface area contributed by atoms with Crippen LogP contribution in [0.1, 0.15) is 20.8 Å². The van der Waals surface area contributed by atoms with Gasteiger partial charge < -0.3 is 30.9 Å². The van der Waals surface area contributed by atoms with E-state index < -0.39 is 0 Å². The lowest BCUT2D eigenvalue weighted by molar-refractivity contribution is -0.941. The number of quaternary nitrogens is 1. The summed E-state index contributed by atoms with van der Waals surface area (Å²) in [4.78, 5) is 0. The molecule has 0 saturated heterocycles. The highest BCUT2D eigenvalue weighted by Crippen LogP contribution is 2.05. The van der Waals surface area contributed by atoms with Crippen LogP contribution in [0.4, 0.5) is 0 Å². The predicted octanol–water partition coefficient (Wildman–Crippen LogP) is -1.51. The van der Waals surface area contributed by atoms with Crippen LogP contribution in [0.2, 0.25) is 0 Å². The number of nitrogens with zero attached hydrogens (tertiary/aromatic N) is 1. The molecule has 0 aromatic carbocycles. The second-order valence-corrected chi connectivity index (χ2v) is 3.32. The second kappa shape index (κ2) is 9.90. The summed E-state index contributed by atoms with van der Waals surface area (Å²) >= 11 is 0. The molecule has 0 aliphatic carbocycles. The van der Waals surface area contributed by atoms with E-state index in [1.165, 1.54) is 0 Å². The van der Waals surface area contributed by atoms with Crippen LogP contribution in [0.3, 0.4) is 0 Å². The lowest BCUT2D eigenvalue weighted by Crippen LogP contribution is -3.00. The first kappa shape index (κ1) is 16.8. The molecule has 4 heteroatoms. The number of hydrogen-bond acceptors (Lipinski definition) is 2. The first-order valence-electron chi connectivity index (χ1n) is 5.16. The van der Waals surface area contributed by atoms with Crippen molar-refractivity contribution >= 4 is 0 Å². The van der Waals surface area contributed by atoms with Gasteiger partial charge in [0, 0.05) is 7.11 Å². The fraction of sp³-hybridized carbons (Fsp3) is 1.00. The molecule has 0 heterocycles. The summed E-state index contributed by atoms with van der Waals surface area (Å²) < 4.78 is 11.5. The van der Waals surface area contributed by atoms with Gasteiger partial charge in [-0.15, -0.1) is 0 Å². The van der Waals surface area contributed by atoms with Crippen molar-refractivity contribution < 1.29 is 30.9 Å². The summed E-state index contributed by atoms with van der Waals surface area (Å²) in [6.45, 7) is 12.3. The van der Waals surface area contributed by atoms with Gasteiger partial charge in [-0.05, 0) is 20.8 Å². The number of methoxy groups -OCH3 is 1. The molecule has 0 aliphatic rings. The van der Waals surface area contributed by atoms with E-state index in [-0.39, 0.29) is 17.0 Å². The molecule has 0 amide bonds. The zero-order valence-electron chi connectivity index (χ0n) is 9.88. The highest BCUT2D eigenvalue weighted by atomic mass is 79.9. The van der Waals surface area contributed by atoms with Crippen molar-refractivity contribution in [1.29, 1.82) is 0 Å². The molecule has 0 aliphatic heterocycles. The molecular formula is C10H24BrNO2. The van der Waals surface area contributed by atoms with Crippen LogP contribution in [-0.2, 0) is 9.47 Å². The number of ether oxygens (including phenoxy) is 2. The van der Waals surface area contributed by atoms with E-state index in [1.807, 2.05) is 0 Å². The topological polar surface area (TPSA) is 18.5 Å². The molecule has 0 rings (SSSR count). The van der Waals surface area contributed by atoms with Gasteiger partial charge in [0.05, 0.1) is 32.8 Å². The van der Waals surface area contributed by atoms with Crippen molar-refractivity contribution in [3.8, 4) is 0 Å². The van der Waals surface area contributed by atoms with Gasteiger partial charge in [0.15, 0.2) is 6.73 Å². The molecule has 0 N–H and O–H groups in total. The fourth-order valence-corrected chi connectivity index (χ4v) is 1.35. The van der Waals surface area contributed by atoms with Crippen LogP contribution < -0.4 is 17.0 Å². The lowest BCUT2D eigenvalue weighted by Gasteiger charge is -2.34. The minimum Gasteiger partial charge on any atom is -1.00 e. The van der Waals surface area contributed by atoms with Gasteiger partial charge in [0.2, 0.25) is 0 Å². The summed E-state index contributed by atoms with van der Waals surface area (Å²) in [6, 6.07) is 0. The minimum atomic E-state index is 0.